The lowest BCUT2D eigenvalue weighted by atomic mass is 10.0. The van der Waals surface area contributed by atoms with Gasteiger partial charge in [-0.1, -0.05) is 80.6 Å². The lowest BCUT2D eigenvalue weighted by Crippen LogP contribution is -2.55. The number of amides is 6. The number of rotatable bonds is 16. The first-order valence-corrected chi connectivity index (χ1v) is 15.1. The maximum Gasteiger partial charge on any atom is 0.416 e. The zero-order chi connectivity index (χ0) is 33.5. The van der Waals surface area contributed by atoms with Crippen LogP contribution in [0, 0.1) is 5.92 Å². The van der Waals surface area contributed by atoms with E-state index in [1.54, 1.807) is 36.4 Å². The third-order valence-electron chi connectivity index (χ3n) is 6.97. The van der Waals surface area contributed by atoms with Gasteiger partial charge in [0.15, 0.2) is 0 Å². The van der Waals surface area contributed by atoms with Crippen LogP contribution in [0.2, 0.25) is 0 Å². The number of benzene rings is 2. The summed E-state index contributed by atoms with van der Waals surface area (Å²) in [5.41, 5.74) is 6.86. The Labute approximate surface area is 267 Å². The summed E-state index contributed by atoms with van der Waals surface area (Å²) in [6, 6.07) is 15.2. The number of nitrogens with two attached hydrogens (primary N) is 1. The summed E-state index contributed by atoms with van der Waals surface area (Å²) >= 11 is 0. The van der Waals surface area contributed by atoms with Gasteiger partial charge in [0.25, 0.3) is 5.91 Å². The first kappa shape index (κ1) is 35.3. The topological polar surface area (TPSA) is 186 Å². The molecule has 5 N–H and O–H groups in total. The average molecular weight is 636 g/mol. The standard InChI is InChI=1S/C33H41N5O8/c1-22(2)19-26(37-32(43)46-21-24-11-7-4-8-12-24)31(42)36-27(20-23-9-5-3-6-10-23)30(41)35-25(13-15-28(34)39)14-16-29(40)38-17-18-45-33(38)44/h3-12,14,16,22,25-27H,13,15,17-21H2,1-2H3,(H2,34,39)(H,35,41)(H,36,42)(H,37,43)/b16-14+/t25-,26-,27-/m0/s1. The number of primary amides is 1. The van der Waals surface area contributed by atoms with Crippen LogP contribution in [-0.2, 0) is 41.7 Å². The minimum Gasteiger partial charge on any atom is -0.447 e. The Morgan fingerprint density at radius 1 is 0.913 bits per heavy atom. The van der Waals surface area contributed by atoms with Gasteiger partial charge >= 0.3 is 12.2 Å². The lowest BCUT2D eigenvalue weighted by molar-refractivity contribution is -0.130. The van der Waals surface area contributed by atoms with E-state index in [1.165, 1.54) is 6.08 Å². The Kier molecular flexibility index (Phi) is 13.8. The SMILES string of the molecule is CC(C)C[C@H](NC(=O)OCc1ccccc1)C(=O)N[C@@H](Cc1ccccc1)C(=O)N[C@H](/C=C/C(=O)N1CCOC1=O)CCC(N)=O. The highest BCUT2D eigenvalue weighted by molar-refractivity contribution is 5.99. The molecule has 3 rings (SSSR count). The molecule has 1 aliphatic heterocycles. The highest BCUT2D eigenvalue weighted by Crippen LogP contribution is 2.11. The van der Waals surface area contributed by atoms with Crippen LogP contribution in [0.25, 0.3) is 0 Å². The number of ether oxygens (including phenoxy) is 2. The van der Waals surface area contributed by atoms with E-state index < -0.39 is 53.9 Å². The number of nitrogens with one attached hydrogen (secondary N) is 3. The largest absolute Gasteiger partial charge is 0.447 e. The van der Waals surface area contributed by atoms with Gasteiger partial charge in [-0.3, -0.25) is 19.2 Å². The van der Waals surface area contributed by atoms with Crippen molar-refractivity contribution in [3.63, 3.8) is 0 Å². The molecule has 0 spiro atoms. The molecule has 0 aliphatic carbocycles. The summed E-state index contributed by atoms with van der Waals surface area (Å²) in [5.74, 6) is -2.43. The van der Waals surface area contributed by atoms with Crippen molar-refractivity contribution < 1.29 is 38.2 Å². The number of cyclic esters (lactones) is 1. The molecule has 6 amide bonds. The van der Waals surface area contributed by atoms with Crippen LogP contribution in [0.1, 0.15) is 44.2 Å². The molecular weight excluding hydrogens is 594 g/mol. The van der Waals surface area contributed by atoms with E-state index in [1.807, 2.05) is 38.1 Å². The second-order valence-electron chi connectivity index (χ2n) is 11.2. The molecule has 0 saturated carbocycles. The second-order valence-corrected chi connectivity index (χ2v) is 11.2. The first-order chi connectivity index (χ1) is 22.0. The molecule has 1 saturated heterocycles. The van der Waals surface area contributed by atoms with Crippen molar-refractivity contribution >= 4 is 35.8 Å². The fourth-order valence-electron chi connectivity index (χ4n) is 4.62. The number of hydrogen-bond donors (Lipinski definition) is 4. The molecule has 13 heteroatoms. The maximum absolute atomic E-state index is 13.7. The van der Waals surface area contributed by atoms with Gasteiger partial charge in [0.05, 0.1) is 6.54 Å². The van der Waals surface area contributed by atoms with Gasteiger partial charge in [-0.2, -0.15) is 0 Å². The molecule has 2 aromatic carbocycles. The van der Waals surface area contributed by atoms with Gasteiger partial charge in [-0.05, 0) is 29.9 Å². The van der Waals surface area contributed by atoms with Crippen molar-refractivity contribution in [1.29, 1.82) is 0 Å². The van der Waals surface area contributed by atoms with Gasteiger partial charge < -0.3 is 31.2 Å². The monoisotopic (exact) mass is 635 g/mol. The van der Waals surface area contributed by atoms with Gasteiger partial charge in [-0.25, -0.2) is 14.5 Å². The number of alkyl carbamates (subject to hydrolysis) is 1. The third-order valence-corrected chi connectivity index (χ3v) is 6.97. The number of nitrogens with zero attached hydrogens (tertiary/aromatic N) is 1. The summed E-state index contributed by atoms with van der Waals surface area (Å²) < 4.78 is 10.1. The number of hydrogen-bond acceptors (Lipinski definition) is 8. The normalized spacial score (nSPS) is 14.7. The Balaban J connectivity index is 1.75. The highest BCUT2D eigenvalue weighted by atomic mass is 16.6. The minimum absolute atomic E-state index is 0.0142. The van der Waals surface area contributed by atoms with Crippen molar-refractivity contribution in [3.8, 4) is 0 Å². The molecule has 46 heavy (non-hydrogen) atoms. The molecule has 1 aliphatic rings. The van der Waals surface area contributed by atoms with E-state index >= 15 is 0 Å². The van der Waals surface area contributed by atoms with Crippen LogP contribution in [0.5, 0.6) is 0 Å². The summed E-state index contributed by atoms with van der Waals surface area (Å²) in [4.78, 5) is 76.6. The minimum atomic E-state index is -1.10. The number of carbonyl (C=O) groups is 6. The summed E-state index contributed by atoms with van der Waals surface area (Å²) in [6.45, 7) is 3.98. The zero-order valence-corrected chi connectivity index (χ0v) is 26.0. The van der Waals surface area contributed by atoms with Crippen LogP contribution in [0.4, 0.5) is 9.59 Å². The first-order valence-electron chi connectivity index (χ1n) is 15.1. The fourth-order valence-corrected chi connectivity index (χ4v) is 4.62. The van der Waals surface area contributed by atoms with Gasteiger partial charge in [0, 0.05) is 25.0 Å². The van der Waals surface area contributed by atoms with Crippen molar-refractivity contribution in [1.82, 2.24) is 20.9 Å². The molecule has 13 nitrogen and oxygen atoms in total. The van der Waals surface area contributed by atoms with Crippen molar-refractivity contribution in [2.45, 2.75) is 64.3 Å². The lowest BCUT2D eigenvalue weighted by Gasteiger charge is -2.25. The third kappa shape index (κ3) is 12.1. The molecule has 0 unspecified atom stereocenters. The molecular formula is C33H41N5O8. The molecule has 246 valence electrons. The van der Waals surface area contributed by atoms with Gasteiger partial charge in [-0.15, -0.1) is 0 Å². The van der Waals surface area contributed by atoms with E-state index in [0.29, 0.717) is 0 Å². The van der Waals surface area contributed by atoms with Crippen molar-refractivity contribution in [2.75, 3.05) is 13.2 Å². The van der Waals surface area contributed by atoms with Crippen molar-refractivity contribution in [2.24, 2.45) is 11.7 Å². The molecule has 0 aromatic heterocycles. The smallest absolute Gasteiger partial charge is 0.416 e. The Morgan fingerprint density at radius 3 is 2.13 bits per heavy atom. The van der Waals surface area contributed by atoms with Gasteiger partial charge in [0.2, 0.25) is 17.7 Å². The predicted octanol–water partition coefficient (Wildman–Crippen LogP) is 2.34. The zero-order valence-electron chi connectivity index (χ0n) is 26.0. The summed E-state index contributed by atoms with van der Waals surface area (Å²) in [5, 5.41) is 8.15. The molecule has 0 radical (unpaired) electrons. The molecule has 1 fully saturated rings. The Morgan fingerprint density at radius 2 is 1.54 bits per heavy atom. The van der Waals surface area contributed by atoms with Crippen LogP contribution < -0.4 is 21.7 Å². The Bertz CT molecular complexity index is 1380. The number of imide groups is 1. The van der Waals surface area contributed by atoms with Gasteiger partial charge in [0.1, 0.15) is 25.3 Å². The van der Waals surface area contributed by atoms with Crippen LogP contribution in [0.3, 0.4) is 0 Å². The Hall–Kier alpha value is -5.20. The molecule has 0 bridgehead atoms. The van der Waals surface area contributed by atoms with E-state index in [9.17, 15) is 28.8 Å². The second kappa shape index (κ2) is 17.9. The van der Waals surface area contributed by atoms with E-state index in [2.05, 4.69) is 16.0 Å². The predicted molar refractivity (Wildman–Crippen MR) is 168 cm³/mol. The summed E-state index contributed by atoms with van der Waals surface area (Å²) in [7, 11) is 0. The van der Waals surface area contributed by atoms with Crippen LogP contribution >= 0.6 is 0 Å². The van der Waals surface area contributed by atoms with Crippen molar-refractivity contribution in [3.05, 3.63) is 83.9 Å². The van der Waals surface area contributed by atoms with Crippen LogP contribution in [-0.4, -0.2) is 72.0 Å². The van der Waals surface area contributed by atoms with Crippen LogP contribution in [0.15, 0.2) is 72.8 Å². The maximum atomic E-state index is 13.7. The average Bonchev–Trinajstić information content (AvgIpc) is 3.47. The van der Waals surface area contributed by atoms with E-state index in [0.717, 1.165) is 22.1 Å². The highest BCUT2D eigenvalue weighted by Gasteiger charge is 2.30. The molecule has 2 aromatic rings. The van der Waals surface area contributed by atoms with E-state index in [4.69, 9.17) is 15.2 Å². The quantitative estimate of drug-likeness (QED) is 0.202. The molecule has 3 atom stereocenters. The summed E-state index contributed by atoms with van der Waals surface area (Å²) in [6.07, 6.45) is 1.27. The fraction of sp³-hybridized carbons (Fsp3) is 0.394. The van der Waals surface area contributed by atoms with E-state index in [-0.39, 0.29) is 51.4 Å². The molecule has 1 heterocycles. The number of carbonyl (C=O) groups excluding carboxylic acids is 6.